The minimum atomic E-state index is -0.541. The van der Waals surface area contributed by atoms with Crippen LogP contribution in [-0.4, -0.2) is 31.3 Å². The van der Waals surface area contributed by atoms with E-state index < -0.39 is 6.04 Å². The molecule has 0 aromatic rings. The van der Waals surface area contributed by atoms with Crippen LogP contribution >= 0.6 is 0 Å². The molecule has 4 heteroatoms. The molecule has 0 radical (unpaired) electrons. The standard InChI is InChI=1S/C9H17NO3/c1-6-3-4-7(13-6)5-8(10)9(11)12-2/h6-8H,3-5,10H2,1-2H3. The molecule has 0 aliphatic carbocycles. The SMILES string of the molecule is COC(=O)C(N)CC1CCC(C)O1. The molecule has 1 fully saturated rings. The topological polar surface area (TPSA) is 61.5 Å². The zero-order chi connectivity index (χ0) is 9.84. The largest absolute Gasteiger partial charge is 0.468 e. The van der Waals surface area contributed by atoms with Gasteiger partial charge < -0.3 is 15.2 Å². The fourth-order valence-corrected chi connectivity index (χ4v) is 1.59. The minimum Gasteiger partial charge on any atom is -0.468 e. The van der Waals surface area contributed by atoms with Gasteiger partial charge in [-0.15, -0.1) is 0 Å². The molecule has 1 aliphatic rings. The van der Waals surface area contributed by atoms with E-state index in [2.05, 4.69) is 4.74 Å². The maximum absolute atomic E-state index is 11.0. The van der Waals surface area contributed by atoms with Gasteiger partial charge in [0.25, 0.3) is 0 Å². The van der Waals surface area contributed by atoms with Crippen molar-refractivity contribution in [2.45, 2.75) is 44.4 Å². The number of hydrogen-bond acceptors (Lipinski definition) is 4. The molecule has 2 N–H and O–H groups in total. The van der Waals surface area contributed by atoms with Crippen molar-refractivity contribution >= 4 is 5.97 Å². The molecular weight excluding hydrogens is 170 g/mol. The molecule has 0 saturated carbocycles. The van der Waals surface area contributed by atoms with Gasteiger partial charge >= 0.3 is 5.97 Å². The van der Waals surface area contributed by atoms with E-state index in [1.165, 1.54) is 7.11 Å². The lowest BCUT2D eigenvalue weighted by atomic mass is 10.1. The summed E-state index contributed by atoms with van der Waals surface area (Å²) < 4.78 is 10.1. The third-order valence-corrected chi connectivity index (χ3v) is 2.34. The van der Waals surface area contributed by atoms with Crippen molar-refractivity contribution < 1.29 is 14.3 Å². The van der Waals surface area contributed by atoms with Crippen LogP contribution in [0.2, 0.25) is 0 Å². The van der Waals surface area contributed by atoms with Crippen LogP contribution in [0.4, 0.5) is 0 Å². The van der Waals surface area contributed by atoms with Crippen LogP contribution in [0.3, 0.4) is 0 Å². The quantitative estimate of drug-likeness (QED) is 0.651. The molecule has 1 rings (SSSR count). The monoisotopic (exact) mass is 187 g/mol. The number of methoxy groups -OCH3 is 1. The molecule has 0 bridgehead atoms. The number of ether oxygens (including phenoxy) is 2. The summed E-state index contributed by atoms with van der Waals surface area (Å²) in [5.41, 5.74) is 5.60. The molecule has 1 heterocycles. The van der Waals surface area contributed by atoms with Crippen LogP contribution < -0.4 is 5.73 Å². The first kappa shape index (κ1) is 10.5. The first-order chi connectivity index (χ1) is 6.13. The summed E-state index contributed by atoms with van der Waals surface area (Å²) in [6.07, 6.45) is 3.04. The van der Waals surface area contributed by atoms with E-state index in [-0.39, 0.29) is 12.1 Å². The van der Waals surface area contributed by atoms with Crippen LogP contribution in [0.15, 0.2) is 0 Å². The zero-order valence-electron chi connectivity index (χ0n) is 8.16. The molecule has 1 aliphatic heterocycles. The summed E-state index contributed by atoms with van der Waals surface area (Å²) in [7, 11) is 1.35. The van der Waals surface area contributed by atoms with E-state index >= 15 is 0 Å². The Morgan fingerprint density at radius 1 is 1.69 bits per heavy atom. The average Bonchev–Trinajstić information content (AvgIpc) is 2.49. The van der Waals surface area contributed by atoms with Crippen LogP contribution in [0.5, 0.6) is 0 Å². The summed E-state index contributed by atoms with van der Waals surface area (Å²) >= 11 is 0. The fourth-order valence-electron chi connectivity index (χ4n) is 1.59. The molecule has 4 nitrogen and oxygen atoms in total. The Balaban J connectivity index is 2.28. The van der Waals surface area contributed by atoms with Crippen LogP contribution in [-0.2, 0) is 14.3 Å². The predicted molar refractivity (Wildman–Crippen MR) is 48.2 cm³/mol. The smallest absolute Gasteiger partial charge is 0.322 e. The summed E-state index contributed by atoms with van der Waals surface area (Å²) in [5.74, 6) is -0.358. The van der Waals surface area contributed by atoms with Crippen molar-refractivity contribution in [3.63, 3.8) is 0 Å². The number of esters is 1. The van der Waals surface area contributed by atoms with Crippen molar-refractivity contribution in [3.05, 3.63) is 0 Å². The zero-order valence-corrected chi connectivity index (χ0v) is 8.16. The summed E-state index contributed by atoms with van der Waals surface area (Å²) in [5, 5.41) is 0. The van der Waals surface area contributed by atoms with Gasteiger partial charge in [-0.3, -0.25) is 4.79 Å². The molecule has 0 amide bonds. The Bertz CT molecular complexity index is 184. The number of nitrogens with two attached hydrogens (primary N) is 1. The normalized spacial score (nSPS) is 30.1. The molecular formula is C9H17NO3. The van der Waals surface area contributed by atoms with Crippen LogP contribution in [0, 0.1) is 0 Å². The second-order valence-electron chi connectivity index (χ2n) is 3.51. The molecule has 3 unspecified atom stereocenters. The summed E-state index contributed by atoms with van der Waals surface area (Å²) in [6, 6.07) is -0.541. The first-order valence-corrected chi connectivity index (χ1v) is 4.62. The Hall–Kier alpha value is -0.610. The van der Waals surface area contributed by atoms with Gasteiger partial charge in [0.1, 0.15) is 6.04 Å². The van der Waals surface area contributed by atoms with Gasteiger partial charge in [-0.05, 0) is 26.2 Å². The lowest BCUT2D eigenvalue weighted by Crippen LogP contribution is -2.35. The van der Waals surface area contributed by atoms with E-state index in [9.17, 15) is 4.79 Å². The average molecular weight is 187 g/mol. The third-order valence-electron chi connectivity index (χ3n) is 2.34. The van der Waals surface area contributed by atoms with E-state index in [1.54, 1.807) is 0 Å². The van der Waals surface area contributed by atoms with Gasteiger partial charge in [-0.25, -0.2) is 0 Å². The van der Waals surface area contributed by atoms with Gasteiger partial charge in [0.05, 0.1) is 19.3 Å². The van der Waals surface area contributed by atoms with Crippen molar-refractivity contribution in [1.82, 2.24) is 0 Å². The van der Waals surface area contributed by atoms with E-state index in [1.807, 2.05) is 6.92 Å². The Kier molecular flexibility index (Phi) is 3.69. The maximum atomic E-state index is 11.0. The minimum absolute atomic E-state index is 0.129. The second kappa shape index (κ2) is 4.58. The third kappa shape index (κ3) is 2.97. The highest BCUT2D eigenvalue weighted by molar-refractivity contribution is 5.75. The number of carbonyl (C=O) groups is 1. The van der Waals surface area contributed by atoms with Crippen LogP contribution in [0.25, 0.3) is 0 Å². The van der Waals surface area contributed by atoms with Crippen LogP contribution in [0.1, 0.15) is 26.2 Å². The van der Waals surface area contributed by atoms with Crippen molar-refractivity contribution in [1.29, 1.82) is 0 Å². The Morgan fingerprint density at radius 3 is 2.85 bits per heavy atom. The van der Waals surface area contributed by atoms with Gasteiger partial charge in [0.15, 0.2) is 0 Å². The summed E-state index contributed by atoms with van der Waals surface area (Å²) in [6.45, 7) is 2.03. The molecule has 1 saturated heterocycles. The van der Waals surface area contributed by atoms with Gasteiger partial charge in [0, 0.05) is 0 Å². The van der Waals surface area contributed by atoms with Gasteiger partial charge in [-0.2, -0.15) is 0 Å². The second-order valence-corrected chi connectivity index (χ2v) is 3.51. The molecule has 13 heavy (non-hydrogen) atoms. The molecule has 3 atom stereocenters. The highest BCUT2D eigenvalue weighted by Crippen LogP contribution is 2.22. The fraction of sp³-hybridized carbons (Fsp3) is 0.889. The van der Waals surface area contributed by atoms with Gasteiger partial charge in [-0.1, -0.05) is 0 Å². The molecule has 0 aromatic heterocycles. The lowest BCUT2D eigenvalue weighted by Gasteiger charge is -2.14. The van der Waals surface area contributed by atoms with Gasteiger partial charge in [0.2, 0.25) is 0 Å². The lowest BCUT2D eigenvalue weighted by molar-refractivity contribution is -0.143. The van der Waals surface area contributed by atoms with Crippen molar-refractivity contribution in [2.75, 3.05) is 7.11 Å². The molecule has 0 spiro atoms. The number of hydrogen-bond donors (Lipinski definition) is 1. The molecule has 0 aromatic carbocycles. The van der Waals surface area contributed by atoms with Crippen molar-refractivity contribution in [3.8, 4) is 0 Å². The number of rotatable bonds is 3. The van der Waals surface area contributed by atoms with E-state index in [4.69, 9.17) is 10.5 Å². The molecule has 76 valence electrons. The maximum Gasteiger partial charge on any atom is 0.322 e. The Labute approximate surface area is 78.4 Å². The van der Waals surface area contributed by atoms with E-state index in [0.717, 1.165) is 12.8 Å². The van der Waals surface area contributed by atoms with E-state index in [0.29, 0.717) is 12.5 Å². The highest BCUT2D eigenvalue weighted by atomic mass is 16.5. The number of carbonyl (C=O) groups excluding carboxylic acids is 1. The predicted octanol–water partition coefficient (Wildman–Crippen LogP) is 0.444. The summed E-state index contributed by atoms with van der Waals surface area (Å²) in [4.78, 5) is 11.0. The highest BCUT2D eigenvalue weighted by Gasteiger charge is 2.26. The van der Waals surface area contributed by atoms with Crippen molar-refractivity contribution in [2.24, 2.45) is 5.73 Å². The Morgan fingerprint density at radius 2 is 2.38 bits per heavy atom. The first-order valence-electron chi connectivity index (χ1n) is 4.62.